The third-order valence-corrected chi connectivity index (χ3v) is 3.99. The van der Waals surface area contributed by atoms with Gasteiger partial charge < -0.3 is 20.3 Å². The molecule has 29 heavy (non-hydrogen) atoms. The number of nitrogens with zero attached hydrogens (tertiary/aromatic N) is 3. The zero-order chi connectivity index (χ0) is 21.1. The standard InChI is InChI=1S/C20H25N5O4/c1-3-25(4-2)19(28)15-7-5-8-16(13-15)24-17(26)14-29-18(27)9-12-23-20-21-10-6-11-22-20/h5-8,10-11,13H,3-4,9,12,14H2,1-2H3,(H,24,26)(H,21,22,23). The van der Waals surface area contributed by atoms with Crippen molar-refractivity contribution in [1.82, 2.24) is 14.9 Å². The van der Waals surface area contributed by atoms with E-state index >= 15 is 0 Å². The largest absolute Gasteiger partial charge is 0.456 e. The van der Waals surface area contributed by atoms with E-state index in [1.165, 1.54) is 0 Å². The molecule has 0 spiro atoms. The number of esters is 1. The molecule has 0 aliphatic heterocycles. The fraction of sp³-hybridized carbons (Fsp3) is 0.350. The molecule has 2 rings (SSSR count). The van der Waals surface area contributed by atoms with Crippen molar-refractivity contribution >= 4 is 29.4 Å². The molecular formula is C20H25N5O4. The van der Waals surface area contributed by atoms with Crippen LogP contribution in [0.2, 0.25) is 0 Å². The van der Waals surface area contributed by atoms with Gasteiger partial charge in [-0.3, -0.25) is 14.4 Å². The summed E-state index contributed by atoms with van der Waals surface area (Å²) in [6, 6.07) is 8.34. The van der Waals surface area contributed by atoms with Crippen LogP contribution in [0.3, 0.4) is 0 Å². The first-order valence-electron chi connectivity index (χ1n) is 9.39. The summed E-state index contributed by atoms with van der Waals surface area (Å²) < 4.78 is 4.96. The topological polar surface area (TPSA) is 114 Å². The van der Waals surface area contributed by atoms with Gasteiger partial charge in [-0.1, -0.05) is 6.07 Å². The van der Waals surface area contributed by atoms with Crippen LogP contribution in [0.1, 0.15) is 30.6 Å². The normalized spacial score (nSPS) is 10.1. The zero-order valence-electron chi connectivity index (χ0n) is 16.6. The van der Waals surface area contributed by atoms with Crippen molar-refractivity contribution in [2.24, 2.45) is 0 Å². The van der Waals surface area contributed by atoms with Crippen LogP contribution in [-0.4, -0.2) is 58.9 Å². The first-order valence-corrected chi connectivity index (χ1v) is 9.39. The Hall–Kier alpha value is -3.49. The minimum absolute atomic E-state index is 0.0688. The van der Waals surface area contributed by atoms with E-state index in [-0.39, 0.29) is 12.3 Å². The van der Waals surface area contributed by atoms with Gasteiger partial charge in [0.25, 0.3) is 11.8 Å². The molecule has 0 aliphatic carbocycles. The highest BCUT2D eigenvalue weighted by Gasteiger charge is 2.14. The quantitative estimate of drug-likeness (QED) is 0.587. The van der Waals surface area contributed by atoms with Gasteiger partial charge in [0.2, 0.25) is 5.95 Å². The summed E-state index contributed by atoms with van der Waals surface area (Å²) in [5.74, 6) is -0.691. The van der Waals surface area contributed by atoms with Gasteiger partial charge in [-0.2, -0.15) is 0 Å². The van der Waals surface area contributed by atoms with Gasteiger partial charge >= 0.3 is 5.97 Å². The second kappa shape index (κ2) is 11.4. The predicted octanol–water partition coefficient (Wildman–Crippen LogP) is 1.94. The number of anilines is 2. The molecule has 0 aliphatic rings. The maximum Gasteiger partial charge on any atom is 0.308 e. The monoisotopic (exact) mass is 399 g/mol. The average molecular weight is 399 g/mol. The van der Waals surface area contributed by atoms with Crippen molar-refractivity contribution in [3.05, 3.63) is 48.3 Å². The zero-order valence-corrected chi connectivity index (χ0v) is 16.6. The van der Waals surface area contributed by atoms with Crippen LogP contribution < -0.4 is 10.6 Å². The minimum Gasteiger partial charge on any atom is -0.456 e. The van der Waals surface area contributed by atoms with E-state index in [1.54, 1.807) is 47.6 Å². The molecule has 154 valence electrons. The fourth-order valence-electron chi connectivity index (χ4n) is 2.51. The molecule has 1 heterocycles. The van der Waals surface area contributed by atoms with E-state index in [2.05, 4.69) is 20.6 Å². The SMILES string of the molecule is CCN(CC)C(=O)c1cccc(NC(=O)COC(=O)CCNc2ncccn2)c1. The lowest BCUT2D eigenvalue weighted by atomic mass is 10.1. The summed E-state index contributed by atoms with van der Waals surface area (Å²) in [5, 5.41) is 5.51. The van der Waals surface area contributed by atoms with E-state index in [4.69, 9.17) is 4.74 Å². The predicted molar refractivity (Wildman–Crippen MR) is 108 cm³/mol. The van der Waals surface area contributed by atoms with Crippen molar-refractivity contribution in [3.8, 4) is 0 Å². The summed E-state index contributed by atoms with van der Waals surface area (Å²) in [5.41, 5.74) is 0.949. The molecular weight excluding hydrogens is 374 g/mol. The molecule has 0 bridgehead atoms. The van der Waals surface area contributed by atoms with Crippen LogP contribution in [-0.2, 0) is 14.3 Å². The highest BCUT2D eigenvalue weighted by Crippen LogP contribution is 2.13. The fourth-order valence-corrected chi connectivity index (χ4v) is 2.51. The van der Waals surface area contributed by atoms with E-state index in [9.17, 15) is 14.4 Å². The maximum absolute atomic E-state index is 12.4. The molecule has 9 heteroatoms. The highest BCUT2D eigenvalue weighted by molar-refractivity contribution is 5.97. The number of benzene rings is 1. The Labute approximate surface area is 169 Å². The molecule has 9 nitrogen and oxygen atoms in total. The summed E-state index contributed by atoms with van der Waals surface area (Å²) in [4.78, 5) is 45.8. The number of carbonyl (C=O) groups is 3. The number of hydrogen-bond acceptors (Lipinski definition) is 7. The minimum atomic E-state index is -0.519. The lowest BCUT2D eigenvalue weighted by Gasteiger charge is -2.19. The average Bonchev–Trinajstić information content (AvgIpc) is 2.74. The highest BCUT2D eigenvalue weighted by atomic mass is 16.5. The van der Waals surface area contributed by atoms with Gasteiger partial charge in [0, 0.05) is 43.3 Å². The van der Waals surface area contributed by atoms with Gasteiger partial charge in [0.1, 0.15) is 0 Å². The molecule has 0 saturated carbocycles. The first-order chi connectivity index (χ1) is 14.0. The van der Waals surface area contributed by atoms with E-state index in [0.29, 0.717) is 36.8 Å². The van der Waals surface area contributed by atoms with Gasteiger partial charge in [-0.05, 0) is 38.1 Å². The summed E-state index contributed by atoms with van der Waals surface area (Å²) in [6.45, 7) is 4.91. The van der Waals surface area contributed by atoms with Gasteiger partial charge in [0.15, 0.2) is 6.61 Å². The van der Waals surface area contributed by atoms with Crippen LogP contribution in [0.5, 0.6) is 0 Å². The third-order valence-electron chi connectivity index (χ3n) is 3.99. The van der Waals surface area contributed by atoms with E-state index in [0.717, 1.165) is 0 Å². The van der Waals surface area contributed by atoms with Crippen LogP contribution in [0.25, 0.3) is 0 Å². The van der Waals surface area contributed by atoms with Crippen molar-refractivity contribution in [2.75, 3.05) is 36.9 Å². The summed E-state index contributed by atoms with van der Waals surface area (Å²) >= 11 is 0. The molecule has 2 N–H and O–H groups in total. The molecule has 1 aromatic heterocycles. The molecule has 0 fully saturated rings. The Morgan fingerprint density at radius 2 is 1.79 bits per heavy atom. The smallest absolute Gasteiger partial charge is 0.308 e. The molecule has 2 aromatic rings. The number of hydrogen-bond donors (Lipinski definition) is 2. The number of amides is 2. The molecule has 2 amide bonds. The van der Waals surface area contributed by atoms with Crippen LogP contribution >= 0.6 is 0 Å². The van der Waals surface area contributed by atoms with Crippen LogP contribution in [0.15, 0.2) is 42.7 Å². The summed E-state index contributed by atoms with van der Waals surface area (Å²) in [6.07, 6.45) is 3.24. The van der Waals surface area contributed by atoms with Crippen molar-refractivity contribution in [3.63, 3.8) is 0 Å². The summed E-state index contributed by atoms with van der Waals surface area (Å²) in [7, 11) is 0. The van der Waals surface area contributed by atoms with Crippen molar-refractivity contribution < 1.29 is 19.1 Å². The molecule has 0 atom stereocenters. The third kappa shape index (κ3) is 7.21. The first kappa shape index (κ1) is 21.8. The van der Waals surface area contributed by atoms with Crippen LogP contribution in [0.4, 0.5) is 11.6 Å². The van der Waals surface area contributed by atoms with E-state index in [1.807, 2.05) is 13.8 Å². The van der Waals surface area contributed by atoms with Crippen LogP contribution in [0, 0.1) is 0 Å². The second-order valence-corrected chi connectivity index (χ2v) is 6.02. The molecule has 1 aromatic carbocycles. The second-order valence-electron chi connectivity index (χ2n) is 6.02. The lowest BCUT2D eigenvalue weighted by Crippen LogP contribution is -2.30. The van der Waals surface area contributed by atoms with Gasteiger partial charge in [-0.15, -0.1) is 0 Å². The molecule has 0 unspecified atom stereocenters. The Morgan fingerprint density at radius 1 is 1.07 bits per heavy atom. The number of nitrogens with one attached hydrogen (secondary N) is 2. The Morgan fingerprint density at radius 3 is 2.48 bits per heavy atom. The number of aromatic nitrogens is 2. The molecule has 0 saturated heterocycles. The van der Waals surface area contributed by atoms with Gasteiger partial charge in [-0.25, -0.2) is 9.97 Å². The number of rotatable bonds is 10. The molecule has 0 radical (unpaired) electrons. The van der Waals surface area contributed by atoms with Crippen molar-refractivity contribution in [2.45, 2.75) is 20.3 Å². The Balaban J connectivity index is 1.76. The lowest BCUT2D eigenvalue weighted by molar-refractivity contribution is -0.147. The van der Waals surface area contributed by atoms with Crippen molar-refractivity contribution in [1.29, 1.82) is 0 Å². The van der Waals surface area contributed by atoms with E-state index < -0.39 is 18.5 Å². The maximum atomic E-state index is 12.4. The number of ether oxygens (including phenoxy) is 1. The number of carbonyl (C=O) groups excluding carboxylic acids is 3. The van der Waals surface area contributed by atoms with Gasteiger partial charge in [0.05, 0.1) is 6.42 Å². The Kier molecular flexibility index (Phi) is 8.55. The Bertz CT molecular complexity index is 825.